The number of nitrogens with zero attached hydrogens (tertiary/aromatic N) is 1. The fourth-order valence-corrected chi connectivity index (χ4v) is 3.37. The molecule has 2 aromatic rings. The number of nitrogens with two attached hydrogens (primary N) is 1. The summed E-state index contributed by atoms with van der Waals surface area (Å²) in [5.41, 5.74) is 6.48. The van der Waals surface area contributed by atoms with Crippen LogP contribution >= 0.6 is 0 Å². The molecule has 1 saturated heterocycles. The Morgan fingerprint density at radius 2 is 1.89 bits per heavy atom. The average molecular weight is 373 g/mol. The van der Waals surface area contributed by atoms with Crippen LogP contribution in [0.3, 0.4) is 0 Å². The van der Waals surface area contributed by atoms with E-state index in [0.29, 0.717) is 6.61 Å². The number of rotatable bonds is 9. The largest absolute Gasteiger partial charge is 0.394 e. The van der Waals surface area contributed by atoms with E-state index in [1.807, 2.05) is 12.1 Å². The molecule has 0 aliphatic carbocycles. The van der Waals surface area contributed by atoms with Gasteiger partial charge in [-0.2, -0.15) is 0 Å². The summed E-state index contributed by atoms with van der Waals surface area (Å²) in [7, 11) is 0. The van der Waals surface area contributed by atoms with E-state index in [1.165, 1.54) is 24.8 Å². The Labute approximate surface area is 158 Å². The Kier molecular flexibility index (Phi) is 6.60. The first-order valence-electron chi connectivity index (χ1n) is 9.43. The van der Waals surface area contributed by atoms with Gasteiger partial charge in [-0.1, -0.05) is 30.7 Å². The molecule has 1 fully saturated rings. The summed E-state index contributed by atoms with van der Waals surface area (Å²) < 4.78 is 5.58. The first-order valence-corrected chi connectivity index (χ1v) is 9.43. The smallest absolute Gasteiger partial charge is 0.253 e. The van der Waals surface area contributed by atoms with E-state index in [1.54, 1.807) is 0 Å². The van der Waals surface area contributed by atoms with E-state index in [9.17, 15) is 14.7 Å². The molecular weight excluding hydrogens is 346 g/mol. The number of aliphatic hydroxyl groups excluding tert-OH is 1. The fourth-order valence-electron chi connectivity index (χ4n) is 3.37. The molecule has 0 aromatic heterocycles. The van der Waals surface area contributed by atoms with Crippen LogP contribution in [0, 0.1) is 0 Å². The number of piperidine rings is 1. The molecule has 146 valence electrons. The molecule has 1 aliphatic rings. The van der Waals surface area contributed by atoms with Crippen LogP contribution in [-0.4, -0.2) is 42.4 Å². The monoisotopic (exact) mass is 373 g/mol. The number of likely N-dealkylation sites (tertiary alicyclic amines) is 1. The van der Waals surface area contributed by atoms with Crippen molar-refractivity contribution in [2.75, 3.05) is 37.3 Å². The van der Waals surface area contributed by atoms with Gasteiger partial charge in [-0.15, -0.1) is 0 Å². The van der Waals surface area contributed by atoms with Crippen LogP contribution in [-0.2, 0) is 17.9 Å². The van der Waals surface area contributed by atoms with Crippen LogP contribution in [0.15, 0.2) is 33.9 Å². The molecule has 0 saturated carbocycles. The van der Waals surface area contributed by atoms with Gasteiger partial charge in [0, 0.05) is 13.1 Å². The molecule has 2 aromatic carbocycles. The molecule has 0 bridgehead atoms. The number of hydrogen-bond acceptors (Lipinski definition) is 7. The molecular formula is C20H27N3O4. The highest BCUT2D eigenvalue weighted by molar-refractivity contribution is 5.71. The number of hydrogen-bond donors (Lipinski definition) is 3. The molecule has 1 unspecified atom stereocenters. The molecule has 7 heteroatoms. The van der Waals surface area contributed by atoms with Crippen molar-refractivity contribution < 1.29 is 9.84 Å². The van der Waals surface area contributed by atoms with Crippen LogP contribution in [0.2, 0.25) is 0 Å². The summed E-state index contributed by atoms with van der Waals surface area (Å²) in [6.07, 6.45) is 3.08. The maximum atomic E-state index is 11.3. The minimum absolute atomic E-state index is 0.0707. The second-order valence-corrected chi connectivity index (χ2v) is 7.15. The SMILES string of the molecule is Nc1c(NCC(O)COCc2cccc(CN3CCCCC3)c2)c(=O)c1=O. The maximum absolute atomic E-state index is 11.3. The van der Waals surface area contributed by atoms with E-state index in [2.05, 4.69) is 22.3 Å². The zero-order chi connectivity index (χ0) is 19.2. The van der Waals surface area contributed by atoms with Crippen molar-refractivity contribution in [2.45, 2.75) is 38.5 Å². The molecule has 1 heterocycles. The van der Waals surface area contributed by atoms with E-state index >= 15 is 0 Å². The maximum Gasteiger partial charge on any atom is 0.253 e. The van der Waals surface area contributed by atoms with Gasteiger partial charge >= 0.3 is 0 Å². The van der Waals surface area contributed by atoms with Gasteiger partial charge in [0.1, 0.15) is 11.4 Å². The van der Waals surface area contributed by atoms with Crippen molar-refractivity contribution in [1.82, 2.24) is 4.90 Å². The number of ether oxygens (including phenoxy) is 1. The first kappa shape index (κ1) is 19.5. The molecule has 3 rings (SSSR count). The summed E-state index contributed by atoms with van der Waals surface area (Å²) >= 11 is 0. The summed E-state index contributed by atoms with van der Waals surface area (Å²) in [4.78, 5) is 24.8. The van der Waals surface area contributed by atoms with Crippen molar-refractivity contribution in [2.24, 2.45) is 0 Å². The number of anilines is 2. The normalized spacial score (nSPS) is 16.5. The van der Waals surface area contributed by atoms with E-state index in [-0.39, 0.29) is 24.5 Å². The second kappa shape index (κ2) is 9.12. The third kappa shape index (κ3) is 5.15. The van der Waals surface area contributed by atoms with Gasteiger partial charge < -0.3 is 20.9 Å². The van der Waals surface area contributed by atoms with Gasteiger partial charge in [0.05, 0.1) is 19.3 Å². The zero-order valence-corrected chi connectivity index (χ0v) is 15.4. The Morgan fingerprint density at radius 1 is 1.15 bits per heavy atom. The summed E-state index contributed by atoms with van der Waals surface area (Å²) in [5, 5.41) is 12.7. The lowest BCUT2D eigenvalue weighted by atomic mass is 10.1. The second-order valence-electron chi connectivity index (χ2n) is 7.15. The predicted molar refractivity (Wildman–Crippen MR) is 105 cm³/mol. The molecule has 4 N–H and O–H groups in total. The molecule has 1 atom stereocenters. The van der Waals surface area contributed by atoms with Crippen molar-refractivity contribution in [3.05, 3.63) is 55.8 Å². The van der Waals surface area contributed by atoms with Crippen LogP contribution in [0.25, 0.3) is 0 Å². The Morgan fingerprint density at radius 3 is 2.63 bits per heavy atom. The van der Waals surface area contributed by atoms with Gasteiger partial charge in [-0.3, -0.25) is 14.5 Å². The lowest BCUT2D eigenvalue weighted by molar-refractivity contribution is 0.0348. The molecule has 1 aliphatic heterocycles. The standard InChI is InChI=1S/C20H27N3O4/c21-17-18(20(26)19(17)25)22-10-16(24)13-27-12-15-6-4-5-14(9-15)11-23-7-2-1-3-8-23/h4-6,9,16,22,24H,1-3,7-8,10-13,21H2. The van der Waals surface area contributed by atoms with Crippen molar-refractivity contribution >= 4 is 11.4 Å². The Bertz CT molecular complexity index is 823. The predicted octanol–water partition coefficient (Wildman–Crippen LogP) is 0.840. The number of aliphatic hydroxyl groups is 1. The van der Waals surface area contributed by atoms with Gasteiger partial charge in [0.2, 0.25) is 0 Å². The Balaban J connectivity index is 1.40. The van der Waals surface area contributed by atoms with Crippen LogP contribution in [0.4, 0.5) is 11.4 Å². The topological polar surface area (TPSA) is 105 Å². The minimum atomic E-state index is -0.801. The summed E-state index contributed by atoms with van der Waals surface area (Å²) in [6, 6.07) is 8.31. The lowest BCUT2D eigenvalue weighted by Gasteiger charge is -2.26. The van der Waals surface area contributed by atoms with Crippen molar-refractivity contribution in [3.63, 3.8) is 0 Å². The fraction of sp³-hybridized carbons (Fsp3) is 0.500. The quantitative estimate of drug-likeness (QED) is 0.560. The van der Waals surface area contributed by atoms with Crippen LogP contribution < -0.4 is 21.9 Å². The minimum Gasteiger partial charge on any atom is -0.394 e. The number of nitrogen functional groups attached to an aromatic ring is 1. The van der Waals surface area contributed by atoms with Gasteiger partial charge in [-0.05, 0) is 37.1 Å². The molecule has 0 spiro atoms. The highest BCUT2D eigenvalue weighted by atomic mass is 16.5. The summed E-state index contributed by atoms with van der Waals surface area (Å²) in [6.45, 7) is 3.92. The van der Waals surface area contributed by atoms with Crippen molar-refractivity contribution in [1.29, 1.82) is 0 Å². The molecule has 27 heavy (non-hydrogen) atoms. The van der Waals surface area contributed by atoms with E-state index in [0.717, 1.165) is 25.2 Å². The van der Waals surface area contributed by atoms with Crippen LogP contribution in [0.5, 0.6) is 0 Å². The first-order chi connectivity index (χ1) is 13.0. The highest BCUT2D eigenvalue weighted by Crippen LogP contribution is 2.14. The van der Waals surface area contributed by atoms with Gasteiger partial charge in [0.25, 0.3) is 10.9 Å². The number of nitrogens with one attached hydrogen (secondary N) is 1. The van der Waals surface area contributed by atoms with Crippen molar-refractivity contribution in [3.8, 4) is 0 Å². The zero-order valence-electron chi connectivity index (χ0n) is 15.4. The van der Waals surface area contributed by atoms with Crippen LogP contribution in [0.1, 0.15) is 30.4 Å². The molecule has 7 nitrogen and oxygen atoms in total. The summed E-state index contributed by atoms with van der Waals surface area (Å²) in [5.74, 6) is 0. The van der Waals surface area contributed by atoms with Gasteiger partial charge in [0.15, 0.2) is 0 Å². The highest BCUT2D eigenvalue weighted by Gasteiger charge is 2.18. The van der Waals surface area contributed by atoms with E-state index < -0.39 is 17.0 Å². The molecule has 0 amide bonds. The third-order valence-electron chi connectivity index (χ3n) is 4.89. The average Bonchev–Trinajstić information content (AvgIpc) is 2.69. The van der Waals surface area contributed by atoms with E-state index in [4.69, 9.17) is 10.5 Å². The Hall–Kier alpha value is -2.22. The molecule has 0 radical (unpaired) electrons. The van der Waals surface area contributed by atoms with Gasteiger partial charge in [-0.25, -0.2) is 0 Å². The number of benzene rings is 1. The lowest BCUT2D eigenvalue weighted by Crippen LogP contribution is -2.39. The third-order valence-corrected chi connectivity index (χ3v) is 4.89.